The minimum atomic E-state index is -0.233. The minimum absolute atomic E-state index is 0. The van der Waals surface area contributed by atoms with Gasteiger partial charge in [0, 0.05) is 51.4 Å². The minimum Gasteiger partial charge on any atom is -0.450 e. The lowest BCUT2D eigenvalue weighted by Gasteiger charge is -2.32. The number of amides is 2. The van der Waals surface area contributed by atoms with Crippen LogP contribution in [0.1, 0.15) is 38.2 Å². The quantitative estimate of drug-likeness (QED) is 0.250. The molecule has 1 fully saturated rings. The summed E-state index contributed by atoms with van der Waals surface area (Å²) in [5.74, 6) is 0.916. The second-order valence-corrected chi connectivity index (χ2v) is 7.63. The first kappa shape index (κ1) is 25.2. The fraction of sp³-hybridized carbons (Fsp3) is 0.591. The predicted octanol–water partition coefficient (Wildman–Crippen LogP) is 2.76. The van der Waals surface area contributed by atoms with Crippen molar-refractivity contribution >= 4 is 47.6 Å². The van der Waals surface area contributed by atoms with Crippen LogP contribution >= 0.6 is 24.0 Å². The first-order chi connectivity index (χ1) is 14.6. The van der Waals surface area contributed by atoms with Gasteiger partial charge >= 0.3 is 6.09 Å². The van der Waals surface area contributed by atoms with Crippen molar-refractivity contribution in [3.63, 3.8) is 0 Å². The molecule has 8 nitrogen and oxygen atoms in total. The Balaban J connectivity index is 0.00000341. The van der Waals surface area contributed by atoms with Gasteiger partial charge in [0.1, 0.15) is 0 Å². The molecule has 9 heteroatoms. The van der Waals surface area contributed by atoms with Gasteiger partial charge in [0.05, 0.1) is 6.61 Å². The summed E-state index contributed by atoms with van der Waals surface area (Å²) in [4.78, 5) is 32.3. The molecule has 2 heterocycles. The number of piperidine rings is 1. The third-order valence-corrected chi connectivity index (χ3v) is 5.63. The Hall–Kier alpha value is -2.04. The van der Waals surface area contributed by atoms with Gasteiger partial charge in [-0.3, -0.25) is 9.79 Å². The molecule has 0 saturated carbocycles. The molecule has 1 aromatic carbocycles. The van der Waals surface area contributed by atoms with Crippen LogP contribution in [0.2, 0.25) is 0 Å². The molecule has 0 radical (unpaired) electrons. The van der Waals surface area contributed by atoms with Crippen LogP contribution in [0.4, 0.5) is 10.5 Å². The van der Waals surface area contributed by atoms with Gasteiger partial charge in [0.25, 0.3) is 0 Å². The van der Waals surface area contributed by atoms with E-state index >= 15 is 0 Å². The summed E-state index contributed by atoms with van der Waals surface area (Å²) in [7, 11) is 1.75. The van der Waals surface area contributed by atoms with E-state index in [4.69, 9.17) is 4.74 Å². The Morgan fingerprint density at radius 1 is 1.19 bits per heavy atom. The lowest BCUT2D eigenvalue weighted by atomic mass is 10.1. The highest BCUT2D eigenvalue weighted by atomic mass is 127. The van der Waals surface area contributed by atoms with Crippen molar-refractivity contribution in [2.24, 2.45) is 4.99 Å². The number of carbonyl (C=O) groups excluding carboxylic acids is 2. The second-order valence-electron chi connectivity index (χ2n) is 7.63. The molecule has 2 aliphatic rings. The first-order valence-corrected chi connectivity index (χ1v) is 10.9. The van der Waals surface area contributed by atoms with Crippen LogP contribution in [0.15, 0.2) is 29.3 Å². The second kappa shape index (κ2) is 12.7. The Morgan fingerprint density at radius 3 is 2.65 bits per heavy atom. The van der Waals surface area contributed by atoms with E-state index in [0.717, 1.165) is 43.9 Å². The van der Waals surface area contributed by atoms with E-state index in [1.165, 1.54) is 5.56 Å². The van der Waals surface area contributed by atoms with Crippen LogP contribution in [-0.2, 0) is 16.0 Å². The van der Waals surface area contributed by atoms with Gasteiger partial charge in [-0.15, -0.1) is 24.0 Å². The van der Waals surface area contributed by atoms with E-state index < -0.39 is 0 Å². The Kier molecular flexibility index (Phi) is 10.4. The molecule has 0 unspecified atom stereocenters. The predicted molar refractivity (Wildman–Crippen MR) is 133 cm³/mol. The maximum Gasteiger partial charge on any atom is 0.409 e. The van der Waals surface area contributed by atoms with Crippen LogP contribution < -0.4 is 15.5 Å². The molecule has 0 atom stereocenters. The monoisotopic (exact) mass is 543 g/mol. The molecule has 0 spiro atoms. The van der Waals surface area contributed by atoms with Crippen LogP contribution in [0.3, 0.4) is 0 Å². The van der Waals surface area contributed by atoms with Crippen molar-refractivity contribution in [3.8, 4) is 0 Å². The van der Waals surface area contributed by atoms with Crippen molar-refractivity contribution in [2.45, 2.75) is 45.1 Å². The molecule has 172 valence electrons. The van der Waals surface area contributed by atoms with Gasteiger partial charge in [0.2, 0.25) is 5.91 Å². The number of halogens is 1. The molecular weight excluding hydrogens is 509 g/mol. The van der Waals surface area contributed by atoms with Crippen LogP contribution in [0.5, 0.6) is 0 Å². The summed E-state index contributed by atoms with van der Waals surface area (Å²) >= 11 is 0. The highest BCUT2D eigenvalue weighted by molar-refractivity contribution is 14.0. The number of anilines is 1. The maximum atomic E-state index is 12.6. The van der Waals surface area contributed by atoms with Crippen molar-refractivity contribution in [3.05, 3.63) is 29.8 Å². The Bertz CT molecular complexity index is 765. The van der Waals surface area contributed by atoms with Crippen molar-refractivity contribution in [2.75, 3.05) is 44.7 Å². The number of benzene rings is 1. The molecular formula is C22H34IN5O3. The highest BCUT2D eigenvalue weighted by Gasteiger charge is 2.25. The van der Waals surface area contributed by atoms with Crippen LogP contribution in [0, 0.1) is 0 Å². The van der Waals surface area contributed by atoms with Gasteiger partial charge in [0.15, 0.2) is 5.96 Å². The van der Waals surface area contributed by atoms with Gasteiger partial charge in [-0.05, 0) is 44.2 Å². The summed E-state index contributed by atoms with van der Waals surface area (Å²) in [5, 5.41) is 6.72. The van der Waals surface area contributed by atoms with E-state index in [9.17, 15) is 9.59 Å². The lowest BCUT2D eigenvalue weighted by molar-refractivity contribution is -0.118. The molecule has 0 bridgehead atoms. The molecule has 2 amide bonds. The lowest BCUT2D eigenvalue weighted by Crippen LogP contribution is -2.50. The number of hydrogen-bond donors (Lipinski definition) is 2. The third-order valence-electron chi connectivity index (χ3n) is 5.63. The summed E-state index contributed by atoms with van der Waals surface area (Å²) in [6.45, 7) is 5.04. The Labute approximate surface area is 201 Å². The van der Waals surface area contributed by atoms with Crippen molar-refractivity contribution < 1.29 is 14.3 Å². The molecule has 1 saturated heterocycles. The van der Waals surface area contributed by atoms with E-state index in [1.54, 1.807) is 11.9 Å². The Morgan fingerprint density at radius 2 is 1.94 bits per heavy atom. The number of nitrogens with zero attached hydrogens (tertiary/aromatic N) is 3. The fourth-order valence-electron chi connectivity index (χ4n) is 3.99. The molecule has 0 aliphatic carbocycles. The molecule has 0 aromatic heterocycles. The number of carbonyl (C=O) groups is 2. The first-order valence-electron chi connectivity index (χ1n) is 10.9. The van der Waals surface area contributed by atoms with Gasteiger partial charge in [-0.25, -0.2) is 4.79 Å². The van der Waals surface area contributed by atoms with E-state index in [1.807, 2.05) is 30.0 Å². The summed E-state index contributed by atoms with van der Waals surface area (Å²) in [6.07, 6.45) is 3.67. The van der Waals surface area contributed by atoms with Gasteiger partial charge in [-0.2, -0.15) is 0 Å². The maximum absolute atomic E-state index is 12.6. The molecule has 31 heavy (non-hydrogen) atoms. The highest BCUT2D eigenvalue weighted by Crippen LogP contribution is 2.27. The van der Waals surface area contributed by atoms with Crippen molar-refractivity contribution in [1.82, 2.24) is 15.5 Å². The molecule has 2 aliphatic heterocycles. The van der Waals surface area contributed by atoms with Gasteiger partial charge < -0.3 is 25.2 Å². The summed E-state index contributed by atoms with van der Waals surface area (Å²) in [5.41, 5.74) is 2.31. The summed E-state index contributed by atoms with van der Waals surface area (Å²) in [6, 6.07) is 8.40. The normalized spacial score (nSPS) is 16.4. The average Bonchev–Trinajstić information content (AvgIpc) is 3.20. The number of fused-ring (bicyclic) bond motifs is 1. The van der Waals surface area contributed by atoms with E-state index in [-0.39, 0.29) is 42.0 Å². The third kappa shape index (κ3) is 6.98. The standard InChI is InChI=1S/C22H33N5O3.HI/c1-3-30-22(29)26-14-11-18(12-15-26)25-21(23-2)24-13-6-9-20(28)27-16-10-17-7-4-5-8-19(17)27;/h4-5,7-8,18H,3,6,9-16H2,1-2H3,(H2,23,24,25);1H. The number of ether oxygens (including phenoxy) is 1. The molecule has 1 aromatic rings. The number of hydrogen-bond acceptors (Lipinski definition) is 4. The molecule has 3 rings (SSSR count). The zero-order valence-corrected chi connectivity index (χ0v) is 20.8. The molecule has 2 N–H and O–H groups in total. The summed E-state index contributed by atoms with van der Waals surface area (Å²) < 4.78 is 5.06. The number of likely N-dealkylation sites (tertiary alicyclic amines) is 1. The van der Waals surface area contributed by atoms with Gasteiger partial charge in [-0.1, -0.05) is 18.2 Å². The van der Waals surface area contributed by atoms with Crippen LogP contribution in [-0.4, -0.2) is 68.7 Å². The van der Waals surface area contributed by atoms with Crippen LogP contribution in [0.25, 0.3) is 0 Å². The zero-order chi connectivity index (χ0) is 21.3. The number of para-hydroxylation sites is 1. The average molecular weight is 543 g/mol. The number of rotatable bonds is 6. The SMILES string of the molecule is CCOC(=O)N1CCC(NC(=NC)NCCCC(=O)N2CCc3ccccc32)CC1.I. The largest absolute Gasteiger partial charge is 0.450 e. The zero-order valence-electron chi connectivity index (χ0n) is 18.4. The number of aliphatic imine (C=N–C) groups is 1. The van der Waals surface area contributed by atoms with Crippen molar-refractivity contribution in [1.29, 1.82) is 0 Å². The number of nitrogens with one attached hydrogen (secondary N) is 2. The number of guanidine groups is 1. The van der Waals surface area contributed by atoms with E-state index in [2.05, 4.69) is 21.7 Å². The van der Waals surface area contributed by atoms with E-state index in [0.29, 0.717) is 32.7 Å². The smallest absolute Gasteiger partial charge is 0.409 e. The topological polar surface area (TPSA) is 86.3 Å². The fourth-order valence-corrected chi connectivity index (χ4v) is 3.99.